The Hall–Kier alpha value is -1.13. The first-order chi connectivity index (χ1) is 6.95. The third kappa shape index (κ3) is 3.18. The highest BCUT2D eigenvalue weighted by Gasteiger charge is 2.41. The summed E-state index contributed by atoms with van der Waals surface area (Å²) in [6, 6.07) is 3.40. The third-order valence-electron chi connectivity index (χ3n) is 1.66. The van der Waals surface area contributed by atoms with E-state index in [1.165, 1.54) is 18.2 Å². The molecular weight excluding hydrogens is 275 g/mol. The van der Waals surface area contributed by atoms with Gasteiger partial charge >= 0.3 is 6.18 Å². The van der Waals surface area contributed by atoms with E-state index in [0.717, 1.165) is 6.08 Å². The van der Waals surface area contributed by atoms with Crippen LogP contribution in [0.15, 0.2) is 33.7 Å². The first kappa shape index (κ1) is 11.9. The van der Waals surface area contributed by atoms with Gasteiger partial charge in [0.25, 0.3) is 0 Å². The minimum atomic E-state index is -4.59. The lowest BCUT2D eigenvalue weighted by Gasteiger charge is -2.14. The van der Waals surface area contributed by atoms with Crippen molar-refractivity contribution in [3.8, 4) is 0 Å². The molecular formula is C9H5BrF3NO. The fourth-order valence-electron chi connectivity index (χ4n) is 1.07. The number of rotatable bonds is 2. The molecule has 1 unspecified atom stereocenters. The predicted molar refractivity (Wildman–Crippen MR) is 51.1 cm³/mol. The number of hydrogen-bond donors (Lipinski definition) is 0. The molecule has 0 radical (unpaired) electrons. The van der Waals surface area contributed by atoms with Gasteiger partial charge in [-0.15, -0.1) is 0 Å². The Morgan fingerprint density at radius 1 is 1.40 bits per heavy atom. The number of isocyanates is 1. The Morgan fingerprint density at radius 3 is 2.53 bits per heavy atom. The Labute approximate surface area is 91.9 Å². The molecule has 80 valence electrons. The summed E-state index contributed by atoms with van der Waals surface area (Å²) >= 11 is 3.04. The van der Waals surface area contributed by atoms with Crippen molar-refractivity contribution in [3.05, 3.63) is 34.3 Å². The molecule has 1 aromatic carbocycles. The van der Waals surface area contributed by atoms with Crippen LogP contribution in [0.4, 0.5) is 13.2 Å². The highest BCUT2D eigenvalue weighted by Crippen LogP contribution is 2.36. The SMILES string of the molecule is O=C=NC(c1cccc(Br)c1)C(F)(F)F. The zero-order valence-corrected chi connectivity index (χ0v) is 8.84. The van der Waals surface area contributed by atoms with Crippen molar-refractivity contribution < 1.29 is 18.0 Å². The van der Waals surface area contributed by atoms with Crippen molar-refractivity contribution in [3.63, 3.8) is 0 Å². The molecule has 0 aliphatic heterocycles. The van der Waals surface area contributed by atoms with E-state index in [1.807, 2.05) is 0 Å². The molecule has 6 heteroatoms. The Morgan fingerprint density at radius 2 is 2.07 bits per heavy atom. The maximum Gasteiger partial charge on any atom is 0.415 e. The molecule has 1 atom stereocenters. The summed E-state index contributed by atoms with van der Waals surface area (Å²) in [6.07, 6.45) is -3.65. The number of carbonyl (C=O) groups excluding carboxylic acids is 1. The van der Waals surface area contributed by atoms with E-state index in [4.69, 9.17) is 0 Å². The fraction of sp³-hybridized carbons (Fsp3) is 0.222. The van der Waals surface area contributed by atoms with E-state index < -0.39 is 12.2 Å². The Kier molecular flexibility index (Phi) is 3.66. The van der Waals surface area contributed by atoms with Gasteiger partial charge in [-0.3, -0.25) is 0 Å². The molecule has 0 spiro atoms. The molecule has 0 aliphatic rings. The van der Waals surface area contributed by atoms with Gasteiger partial charge in [-0.2, -0.15) is 18.2 Å². The summed E-state index contributed by atoms with van der Waals surface area (Å²) in [5.74, 6) is 0. The number of hydrogen-bond acceptors (Lipinski definition) is 2. The van der Waals surface area contributed by atoms with Crippen LogP contribution in [0.2, 0.25) is 0 Å². The number of nitrogens with zero attached hydrogens (tertiary/aromatic N) is 1. The van der Waals surface area contributed by atoms with Crippen molar-refractivity contribution in [1.29, 1.82) is 0 Å². The highest BCUT2D eigenvalue weighted by molar-refractivity contribution is 9.10. The number of benzene rings is 1. The summed E-state index contributed by atoms with van der Waals surface area (Å²) in [4.78, 5) is 12.7. The lowest BCUT2D eigenvalue weighted by atomic mass is 10.1. The van der Waals surface area contributed by atoms with Crippen molar-refractivity contribution >= 4 is 22.0 Å². The van der Waals surface area contributed by atoms with Crippen LogP contribution >= 0.6 is 15.9 Å². The third-order valence-corrected chi connectivity index (χ3v) is 2.15. The topological polar surface area (TPSA) is 29.4 Å². The maximum atomic E-state index is 12.4. The van der Waals surface area contributed by atoms with E-state index in [0.29, 0.717) is 4.47 Å². The molecule has 2 nitrogen and oxygen atoms in total. The van der Waals surface area contributed by atoms with Crippen molar-refractivity contribution in [2.45, 2.75) is 12.2 Å². The summed E-state index contributed by atoms with van der Waals surface area (Å²) in [7, 11) is 0. The lowest BCUT2D eigenvalue weighted by Crippen LogP contribution is -2.18. The normalized spacial score (nSPS) is 13.1. The average molecular weight is 280 g/mol. The van der Waals surface area contributed by atoms with Crippen LogP contribution in [0.3, 0.4) is 0 Å². The molecule has 1 rings (SSSR count). The van der Waals surface area contributed by atoms with Gasteiger partial charge in [-0.05, 0) is 17.7 Å². The number of aliphatic imine (C=N–C) groups is 1. The van der Waals surface area contributed by atoms with Gasteiger partial charge in [-0.1, -0.05) is 28.1 Å². The largest absolute Gasteiger partial charge is 0.415 e. The standard InChI is InChI=1S/C9H5BrF3NO/c10-7-3-1-2-6(4-7)8(14-5-15)9(11,12)13/h1-4,8H. The quantitative estimate of drug-likeness (QED) is 0.603. The van der Waals surface area contributed by atoms with Crippen LogP contribution in [-0.2, 0) is 4.79 Å². The average Bonchev–Trinajstić information content (AvgIpc) is 2.12. The van der Waals surface area contributed by atoms with Gasteiger partial charge in [-0.25, -0.2) is 4.79 Å². The van der Waals surface area contributed by atoms with Crippen molar-refractivity contribution in [2.24, 2.45) is 4.99 Å². The zero-order chi connectivity index (χ0) is 11.5. The molecule has 0 aromatic heterocycles. The lowest BCUT2D eigenvalue weighted by molar-refractivity contribution is -0.148. The predicted octanol–water partition coefficient (Wildman–Crippen LogP) is 3.39. The molecule has 0 amide bonds. The second kappa shape index (κ2) is 4.59. The molecule has 0 heterocycles. The molecule has 0 bridgehead atoms. The number of halogens is 4. The molecule has 0 N–H and O–H groups in total. The second-order valence-electron chi connectivity index (χ2n) is 2.72. The molecule has 0 fully saturated rings. The van der Waals surface area contributed by atoms with Crippen LogP contribution in [-0.4, -0.2) is 12.3 Å². The van der Waals surface area contributed by atoms with Crippen LogP contribution in [0, 0.1) is 0 Å². The van der Waals surface area contributed by atoms with E-state index >= 15 is 0 Å². The van der Waals surface area contributed by atoms with Crippen LogP contribution in [0.1, 0.15) is 11.6 Å². The van der Waals surface area contributed by atoms with E-state index in [1.54, 1.807) is 6.07 Å². The van der Waals surface area contributed by atoms with Gasteiger partial charge in [0.1, 0.15) is 0 Å². The highest BCUT2D eigenvalue weighted by atomic mass is 79.9. The van der Waals surface area contributed by atoms with Gasteiger partial charge in [0.2, 0.25) is 6.08 Å². The molecule has 0 saturated heterocycles. The van der Waals surface area contributed by atoms with Crippen molar-refractivity contribution in [1.82, 2.24) is 0 Å². The molecule has 15 heavy (non-hydrogen) atoms. The van der Waals surface area contributed by atoms with E-state index in [9.17, 15) is 18.0 Å². The van der Waals surface area contributed by atoms with Gasteiger partial charge < -0.3 is 0 Å². The summed E-state index contributed by atoms with van der Waals surface area (Å²) in [5.41, 5.74) is -0.0970. The first-order valence-electron chi connectivity index (χ1n) is 3.84. The molecule has 1 aromatic rings. The van der Waals surface area contributed by atoms with Crippen LogP contribution in [0.25, 0.3) is 0 Å². The second-order valence-corrected chi connectivity index (χ2v) is 3.64. The fourth-order valence-corrected chi connectivity index (χ4v) is 1.48. The first-order valence-corrected chi connectivity index (χ1v) is 4.63. The smallest absolute Gasteiger partial charge is 0.211 e. The summed E-state index contributed by atoms with van der Waals surface area (Å²) in [6.45, 7) is 0. The van der Waals surface area contributed by atoms with Gasteiger partial charge in [0, 0.05) is 4.47 Å². The maximum absolute atomic E-state index is 12.4. The van der Waals surface area contributed by atoms with E-state index in [-0.39, 0.29) is 5.56 Å². The van der Waals surface area contributed by atoms with Crippen molar-refractivity contribution in [2.75, 3.05) is 0 Å². The Balaban J connectivity index is 3.16. The molecule has 0 saturated carbocycles. The number of alkyl halides is 3. The van der Waals surface area contributed by atoms with E-state index in [2.05, 4.69) is 20.9 Å². The monoisotopic (exact) mass is 279 g/mol. The van der Waals surface area contributed by atoms with Crippen LogP contribution < -0.4 is 0 Å². The summed E-state index contributed by atoms with van der Waals surface area (Å²) < 4.78 is 37.8. The van der Waals surface area contributed by atoms with Gasteiger partial charge in [0.15, 0.2) is 6.04 Å². The Bertz CT molecular complexity index is 399. The molecule has 0 aliphatic carbocycles. The van der Waals surface area contributed by atoms with Crippen LogP contribution in [0.5, 0.6) is 0 Å². The minimum Gasteiger partial charge on any atom is -0.211 e. The zero-order valence-electron chi connectivity index (χ0n) is 7.25. The minimum absolute atomic E-state index is 0.0970. The summed E-state index contributed by atoms with van der Waals surface area (Å²) in [5, 5.41) is 0. The van der Waals surface area contributed by atoms with Gasteiger partial charge in [0.05, 0.1) is 0 Å².